The standard InChI is InChI=1S/C11H15Cl2NO/c1-11(2,7-15)6-14-10-4-8(12)3-9(13)5-10/h3-5,14-15H,6-7H2,1-2H3. The van der Waals surface area contributed by atoms with Crippen LogP contribution in [0, 0.1) is 5.41 Å². The third-order valence-electron chi connectivity index (χ3n) is 2.06. The lowest BCUT2D eigenvalue weighted by Gasteiger charge is -2.22. The van der Waals surface area contributed by atoms with E-state index in [2.05, 4.69) is 5.32 Å². The predicted octanol–water partition coefficient (Wildman–Crippen LogP) is 3.42. The van der Waals surface area contributed by atoms with Crippen molar-refractivity contribution in [2.45, 2.75) is 13.8 Å². The van der Waals surface area contributed by atoms with Crippen molar-refractivity contribution in [1.82, 2.24) is 0 Å². The first kappa shape index (κ1) is 12.6. The minimum Gasteiger partial charge on any atom is -0.396 e. The molecular weight excluding hydrogens is 233 g/mol. The number of halogens is 2. The minimum absolute atomic E-state index is 0.133. The number of aliphatic hydroxyl groups excluding tert-OH is 1. The summed E-state index contributed by atoms with van der Waals surface area (Å²) in [5.41, 5.74) is 0.712. The topological polar surface area (TPSA) is 32.3 Å². The van der Waals surface area contributed by atoms with Gasteiger partial charge in [-0.25, -0.2) is 0 Å². The van der Waals surface area contributed by atoms with Crippen LogP contribution in [0.4, 0.5) is 5.69 Å². The summed E-state index contributed by atoms with van der Waals surface area (Å²) >= 11 is 11.7. The molecule has 0 aliphatic rings. The largest absolute Gasteiger partial charge is 0.396 e. The van der Waals surface area contributed by atoms with Crippen LogP contribution < -0.4 is 5.32 Å². The van der Waals surface area contributed by atoms with Gasteiger partial charge in [0.1, 0.15) is 0 Å². The molecule has 0 heterocycles. The second kappa shape index (κ2) is 5.06. The Morgan fingerprint density at radius 2 is 1.73 bits per heavy atom. The van der Waals surface area contributed by atoms with Crippen LogP contribution in [0.5, 0.6) is 0 Å². The lowest BCUT2D eigenvalue weighted by molar-refractivity contribution is 0.171. The van der Waals surface area contributed by atoms with E-state index < -0.39 is 0 Å². The van der Waals surface area contributed by atoms with Crippen LogP contribution in [0.3, 0.4) is 0 Å². The lowest BCUT2D eigenvalue weighted by Crippen LogP contribution is -2.26. The van der Waals surface area contributed by atoms with Gasteiger partial charge in [0.15, 0.2) is 0 Å². The summed E-state index contributed by atoms with van der Waals surface area (Å²) in [6.07, 6.45) is 0. The first-order chi connectivity index (χ1) is 6.93. The fraction of sp³-hybridized carbons (Fsp3) is 0.455. The zero-order valence-corrected chi connectivity index (χ0v) is 10.4. The van der Waals surface area contributed by atoms with E-state index in [0.717, 1.165) is 5.69 Å². The molecule has 0 radical (unpaired) electrons. The van der Waals surface area contributed by atoms with Crippen LogP contribution in [-0.2, 0) is 0 Å². The van der Waals surface area contributed by atoms with Crippen LogP contribution in [0.2, 0.25) is 10.0 Å². The highest BCUT2D eigenvalue weighted by molar-refractivity contribution is 6.35. The second-order valence-electron chi connectivity index (χ2n) is 4.33. The maximum Gasteiger partial charge on any atom is 0.0498 e. The fourth-order valence-electron chi connectivity index (χ4n) is 1.05. The molecule has 0 saturated heterocycles. The van der Waals surface area contributed by atoms with E-state index in [0.29, 0.717) is 16.6 Å². The molecule has 0 bridgehead atoms. The van der Waals surface area contributed by atoms with Crippen LogP contribution in [-0.4, -0.2) is 18.3 Å². The average molecular weight is 248 g/mol. The Labute approximate surface area is 100 Å². The van der Waals surface area contributed by atoms with Crippen LogP contribution in [0.1, 0.15) is 13.8 Å². The number of rotatable bonds is 4. The first-order valence-electron chi connectivity index (χ1n) is 4.74. The van der Waals surface area contributed by atoms with Crippen molar-refractivity contribution in [2.75, 3.05) is 18.5 Å². The van der Waals surface area contributed by atoms with Crippen molar-refractivity contribution in [2.24, 2.45) is 5.41 Å². The highest BCUT2D eigenvalue weighted by atomic mass is 35.5. The van der Waals surface area contributed by atoms with Gasteiger partial charge in [-0.2, -0.15) is 0 Å². The molecule has 2 nitrogen and oxygen atoms in total. The van der Waals surface area contributed by atoms with E-state index in [4.69, 9.17) is 28.3 Å². The van der Waals surface area contributed by atoms with Crippen LogP contribution in [0.25, 0.3) is 0 Å². The number of aliphatic hydroxyl groups is 1. The smallest absolute Gasteiger partial charge is 0.0498 e. The number of hydrogen-bond acceptors (Lipinski definition) is 2. The highest BCUT2D eigenvalue weighted by Crippen LogP contribution is 2.23. The molecule has 0 aromatic heterocycles. The molecule has 0 aliphatic carbocycles. The Hall–Kier alpha value is -0.440. The zero-order valence-electron chi connectivity index (χ0n) is 8.85. The Balaban J connectivity index is 2.65. The summed E-state index contributed by atoms with van der Waals surface area (Å²) in [6, 6.07) is 5.30. The van der Waals surface area contributed by atoms with Crippen LogP contribution >= 0.6 is 23.2 Å². The van der Waals surface area contributed by atoms with Gasteiger partial charge in [-0.1, -0.05) is 37.0 Å². The molecule has 4 heteroatoms. The molecule has 15 heavy (non-hydrogen) atoms. The molecule has 0 unspecified atom stereocenters. The van der Waals surface area contributed by atoms with Crippen molar-refractivity contribution >= 4 is 28.9 Å². The molecule has 0 atom stereocenters. The van der Waals surface area contributed by atoms with Gasteiger partial charge in [0.25, 0.3) is 0 Å². The Morgan fingerprint density at radius 3 is 2.20 bits per heavy atom. The number of nitrogens with one attached hydrogen (secondary N) is 1. The van der Waals surface area contributed by atoms with Gasteiger partial charge in [-0.3, -0.25) is 0 Å². The Morgan fingerprint density at radius 1 is 1.20 bits per heavy atom. The van der Waals surface area contributed by atoms with Crippen molar-refractivity contribution < 1.29 is 5.11 Å². The number of hydrogen-bond donors (Lipinski definition) is 2. The molecule has 2 N–H and O–H groups in total. The Kier molecular flexibility index (Phi) is 4.26. The molecule has 0 fully saturated rings. The summed E-state index contributed by atoms with van der Waals surface area (Å²) in [7, 11) is 0. The number of anilines is 1. The van der Waals surface area contributed by atoms with E-state index >= 15 is 0 Å². The third kappa shape index (κ3) is 4.29. The second-order valence-corrected chi connectivity index (χ2v) is 5.21. The van der Waals surface area contributed by atoms with Crippen molar-refractivity contribution in [3.05, 3.63) is 28.2 Å². The maximum absolute atomic E-state index is 9.09. The summed E-state index contributed by atoms with van der Waals surface area (Å²) in [5, 5.41) is 13.5. The normalized spacial score (nSPS) is 11.5. The van der Waals surface area contributed by atoms with Gasteiger partial charge < -0.3 is 10.4 Å². The van der Waals surface area contributed by atoms with Crippen LogP contribution in [0.15, 0.2) is 18.2 Å². The molecule has 0 amide bonds. The third-order valence-corrected chi connectivity index (χ3v) is 2.50. The molecule has 1 aromatic carbocycles. The van der Waals surface area contributed by atoms with E-state index in [-0.39, 0.29) is 12.0 Å². The summed E-state index contributed by atoms with van der Waals surface area (Å²) in [6.45, 7) is 4.76. The summed E-state index contributed by atoms with van der Waals surface area (Å²) < 4.78 is 0. The van der Waals surface area contributed by atoms with E-state index in [1.807, 2.05) is 13.8 Å². The fourth-order valence-corrected chi connectivity index (χ4v) is 1.58. The molecule has 0 saturated carbocycles. The SMILES string of the molecule is CC(C)(CO)CNc1cc(Cl)cc(Cl)c1. The van der Waals surface area contributed by atoms with Gasteiger partial charge in [0.2, 0.25) is 0 Å². The molecule has 0 aliphatic heterocycles. The molecule has 84 valence electrons. The Bertz CT molecular complexity index is 319. The zero-order chi connectivity index (χ0) is 11.5. The molecule has 0 spiro atoms. The number of benzene rings is 1. The van der Waals surface area contributed by atoms with E-state index in [1.165, 1.54) is 0 Å². The molecule has 1 aromatic rings. The van der Waals surface area contributed by atoms with E-state index in [9.17, 15) is 0 Å². The first-order valence-corrected chi connectivity index (χ1v) is 5.49. The quantitative estimate of drug-likeness (QED) is 0.855. The van der Waals surface area contributed by atoms with Gasteiger partial charge in [-0.05, 0) is 18.2 Å². The van der Waals surface area contributed by atoms with Crippen molar-refractivity contribution in [3.8, 4) is 0 Å². The maximum atomic E-state index is 9.09. The highest BCUT2D eigenvalue weighted by Gasteiger charge is 2.15. The lowest BCUT2D eigenvalue weighted by atomic mass is 9.95. The summed E-state index contributed by atoms with van der Waals surface area (Å²) in [5.74, 6) is 0. The molecular formula is C11H15Cl2NO. The van der Waals surface area contributed by atoms with Gasteiger partial charge in [-0.15, -0.1) is 0 Å². The minimum atomic E-state index is -0.158. The summed E-state index contributed by atoms with van der Waals surface area (Å²) in [4.78, 5) is 0. The van der Waals surface area contributed by atoms with Gasteiger partial charge in [0, 0.05) is 34.3 Å². The van der Waals surface area contributed by atoms with Crippen molar-refractivity contribution in [1.29, 1.82) is 0 Å². The van der Waals surface area contributed by atoms with Crippen molar-refractivity contribution in [3.63, 3.8) is 0 Å². The predicted molar refractivity (Wildman–Crippen MR) is 65.8 cm³/mol. The van der Waals surface area contributed by atoms with E-state index in [1.54, 1.807) is 18.2 Å². The monoisotopic (exact) mass is 247 g/mol. The molecule has 1 rings (SSSR count). The van der Waals surface area contributed by atoms with Gasteiger partial charge >= 0.3 is 0 Å². The average Bonchev–Trinajstić information content (AvgIpc) is 2.14. The van der Waals surface area contributed by atoms with Gasteiger partial charge in [0.05, 0.1) is 0 Å².